The predicted molar refractivity (Wildman–Crippen MR) is 37.5 cm³/mol. The number of hydrogen-bond donors (Lipinski definition) is 0. The van der Waals surface area contributed by atoms with Crippen molar-refractivity contribution in [3.8, 4) is 0 Å². The van der Waals surface area contributed by atoms with Gasteiger partial charge in [0.15, 0.2) is 0 Å². The van der Waals surface area contributed by atoms with Gasteiger partial charge < -0.3 is 0 Å². The van der Waals surface area contributed by atoms with Crippen LogP contribution in [0.5, 0.6) is 0 Å². The molecule has 0 radical (unpaired) electrons. The maximum absolute atomic E-state index is 8.08. The van der Waals surface area contributed by atoms with Crippen LogP contribution in [0.25, 0.3) is 10.4 Å². The molecule has 0 aromatic carbocycles. The van der Waals surface area contributed by atoms with Gasteiger partial charge in [-0.1, -0.05) is 5.11 Å². The van der Waals surface area contributed by atoms with E-state index in [0.717, 1.165) is 19.1 Å². The predicted octanol–water partition coefficient (Wildman–Crippen LogP) is 1.14. The van der Waals surface area contributed by atoms with Crippen LogP contribution >= 0.6 is 0 Å². The van der Waals surface area contributed by atoms with Gasteiger partial charge in [-0.3, -0.25) is 4.90 Å². The second kappa shape index (κ2) is 2.15. The van der Waals surface area contributed by atoms with Crippen LogP contribution in [-0.4, -0.2) is 30.1 Å². The first-order chi connectivity index (χ1) is 4.90. The van der Waals surface area contributed by atoms with Crippen molar-refractivity contribution in [1.29, 1.82) is 0 Å². The van der Waals surface area contributed by atoms with E-state index in [9.17, 15) is 0 Å². The Morgan fingerprint density at radius 3 is 2.60 bits per heavy atom. The fourth-order valence-corrected chi connectivity index (χ4v) is 1.37. The molecule has 1 saturated heterocycles. The van der Waals surface area contributed by atoms with Crippen molar-refractivity contribution in [2.24, 2.45) is 5.11 Å². The second-order valence-electron chi connectivity index (χ2n) is 3.04. The first-order valence-electron chi connectivity index (χ1n) is 3.68. The summed E-state index contributed by atoms with van der Waals surface area (Å²) >= 11 is 0. The highest BCUT2D eigenvalue weighted by Gasteiger charge is 2.37. The van der Waals surface area contributed by atoms with Crippen LogP contribution in [0.4, 0.5) is 0 Å². The maximum Gasteiger partial charge on any atom is 0.0628 e. The topological polar surface area (TPSA) is 52.0 Å². The molecule has 1 aliphatic heterocycles. The molecule has 0 aromatic rings. The molecule has 2 fully saturated rings. The molecule has 2 aliphatic rings. The summed E-state index contributed by atoms with van der Waals surface area (Å²) in [4.78, 5) is 5.16. The van der Waals surface area contributed by atoms with E-state index >= 15 is 0 Å². The molecule has 4 nitrogen and oxygen atoms in total. The Labute approximate surface area is 59.4 Å². The largest absolute Gasteiger partial charge is 0.299 e. The quantitative estimate of drug-likeness (QED) is 0.320. The summed E-state index contributed by atoms with van der Waals surface area (Å²) in [6, 6.07) is 1.11. The monoisotopic (exact) mass is 138 g/mol. The summed E-state index contributed by atoms with van der Waals surface area (Å²) in [5.41, 5.74) is 8.08. The summed E-state index contributed by atoms with van der Waals surface area (Å²) in [6.07, 6.45) is 2.70. The molecule has 0 atom stereocenters. The molecule has 54 valence electrons. The van der Waals surface area contributed by atoms with Crippen molar-refractivity contribution < 1.29 is 0 Å². The van der Waals surface area contributed by atoms with E-state index in [1.165, 1.54) is 12.8 Å². The molecular formula is C6H10N4. The molecule has 0 N–H and O–H groups in total. The van der Waals surface area contributed by atoms with Crippen molar-refractivity contribution in [1.82, 2.24) is 4.90 Å². The zero-order valence-electron chi connectivity index (χ0n) is 5.77. The lowest BCUT2D eigenvalue weighted by atomic mass is 10.1. The van der Waals surface area contributed by atoms with E-state index in [0.29, 0.717) is 0 Å². The van der Waals surface area contributed by atoms with Gasteiger partial charge in [0.25, 0.3) is 0 Å². The Morgan fingerprint density at radius 2 is 2.10 bits per heavy atom. The average Bonchev–Trinajstić information content (AvgIpc) is 2.59. The molecule has 0 unspecified atom stereocenters. The Hall–Kier alpha value is -0.730. The van der Waals surface area contributed by atoms with Crippen LogP contribution in [-0.2, 0) is 0 Å². The highest BCUT2D eigenvalue weighted by atomic mass is 15.3. The Morgan fingerprint density at radius 1 is 1.40 bits per heavy atom. The smallest absolute Gasteiger partial charge is 0.0628 e. The highest BCUT2D eigenvalue weighted by Crippen LogP contribution is 2.31. The van der Waals surface area contributed by atoms with Crippen LogP contribution < -0.4 is 0 Å². The lowest BCUT2D eigenvalue weighted by molar-refractivity contribution is 0.141. The molecule has 1 aliphatic carbocycles. The fraction of sp³-hybridized carbons (Fsp3) is 1.00. The minimum Gasteiger partial charge on any atom is -0.299 e. The van der Waals surface area contributed by atoms with Crippen molar-refractivity contribution in [3.63, 3.8) is 0 Å². The number of rotatable bonds is 2. The first-order valence-corrected chi connectivity index (χ1v) is 3.68. The molecule has 1 saturated carbocycles. The Kier molecular flexibility index (Phi) is 1.29. The minimum atomic E-state index is 0.269. The molecule has 4 heteroatoms. The zero-order chi connectivity index (χ0) is 6.97. The van der Waals surface area contributed by atoms with E-state index in [1.807, 2.05) is 0 Å². The molecule has 0 aromatic heterocycles. The van der Waals surface area contributed by atoms with Gasteiger partial charge in [-0.15, -0.1) is 0 Å². The number of azide groups is 1. The normalized spacial score (nSPS) is 27.2. The third-order valence-corrected chi connectivity index (χ3v) is 2.17. The van der Waals surface area contributed by atoms with Crippen molar-refractivity contribution in [2.45, 2.75) is 24.9 Å². The van der Waals surface area contributed by atoms with E-state index < -0.39 is 0 Å². The van der Waals surface area contributed by atoms with Crippen LogP contribution in [0, 0.1) is 0 Å². The standard InChI is InChI=1S/C6H10N4/c7-9-8-5-3-10(4-5)6-1-2-6/h5-6H,1-4H2. The number of likely N-dealkylation sites (tertiary alicyclic amines) is 1. The SMILES string of the molecule is [N-]=[N+]=NC1CN(C2CC2)C1. The van der Waals surface area contributed by atoms with E-state index in [2.05, 4.69) is 14.9 Å². The van der Waals surface area contributed by atoms with Crippen molar-refractivity contribution >= 4 is 0 Å². The van der Waals surface area contributed by atoms with Gasteiger partial charge in [0.05, 0.1) is 6.04 Å². The van der Waals surface area contributed by atoms with Crippen LogP contribution in [0.1, 0.15) is 12.8 Å². The van der Waals surface area contributed by atoms with Crippen LogP contribution in [0.2, 0.25) is 0 Å². The van der Waals surface area contributed by atoms with Crippen LogP contribution in [0.15, 0.2) is 5.11 Å². The maximum atomic E-state index is 8.08. The Bertz CT molecular complexity index is 174. The molecule has 0 spiro atoms. The summed E-state index contributed by atoms with van der Waals surface area (Å²) in [6.45, 7) is 1.99. The lowest BCUT2D eigenvalue weighted by Crippen LogP contribution is -2.50. The van der Waals surface area contributed by atoms with Gasteiger partial charge in [-0.25, -0.2) is 0 Å². The average molecular weight is 138 g/mol. The van der Waals surface area contributed by atoms with Gasteiger partial charge in [-0.2, -0.15) is 0 Å². The second-order valence-corrected chi connectivity index (χ2v) is 3.04. The van der Waals surface area contributed by atoms with E-state index in [-0.39, 0.29) is 6.04 Å². The fourth-order valence-electron chi connectivity index (χ4n) is 1.37. The third kappa shape index (κ3) is 0.958. The summed E-state index contributed by atoms with van der Waals surface area (Å²) in [7, 11) is 0. The van der Waals surface area contributed by atoms with E-state index in [1.54, 1.807) is 0 Å². The summed E-state index contributed by atoms with van der Waals surface area (Å²) in [5.74, 6) is 0. The van der Waals surface area contributed by atoms with Gasteiger partial charge in [0.1, 0.15) is 0 Å². The van der Waals surface area contributed by atoms with Crippen LogP contribution in [0.3, 0.4) is 0 Å². The third-order valence-electron chi connectivity index (χ3n) is 2.17. The van der Waals surface area contributed by atoms with Gasteiger partial charge in [-0.05, 0) is 18.4 Å². The molecule has 0 amide bonds. The molecular weight excluding hydrogens is 128 g/mol. The zero-order valence-corrected chi connectivity index (χ0v) is 5.77. The molecule has 0 bridgehead atoms. The number of nitrogens with zero attached hydrogens (tertiary/aromatic N) is 4. The van der Waals surface area contributed by atoms with Gasteiger partial charge in [0.2, 0.25) is 0 Å². The lowest BCUT2D eigenvalue weighted by Gasteiger charge is -2.36. The summed E-state index contributed by atoms with van der Waals surface area (Å²) < 4.78 is 0. The Balaban J connectivity index is 1.76. The van der Waals surface area contributed by atoms with Crippen molar-refractivity contribution in [2.75, 3.05) is 13.1 Å². The minimum absolute atomic E-state index is 0.269. The van der Waals surface area contributed by atoms with Crippen molar-refractivity contribution in [3.05, 3.63) is 10.4 Å². The van der Waals surface area contributed by atoms with E-state index in [4.69, 9.17) is 5.53 Å². The number of hydrogen-bond acceptors (Lipinski definition) is 2. The van der Waals surface area contributed by atoms with Gasteiger partial charge >= 0.3 is 0 Å². The summed E-state index contributed by atoms with van der Waals surface area (Å²) in [5, 5.41) is 3.63. The molecule has 1 heterocycles. The highest BCUT2D eigenvalue weighted by molar-refractivity contribution is 4.95. The molecule has 10 heavy (non-hydrogen) atoms. The first kappa shape index (κ1) is 6.01. The van der Waals surface area contributed by atoms with Gasteiger partial charge in [0, 0.05) is 24.0 Å². The molecule has 2 rings (SSSR count).